The molecule has 0 spiro atoms. The number of hydrogen-bond acceptors (Lipinski definition) is 4. The van der Waals surface area contributed by atoms with E-state index in [1.807, 2.05) is 0 Å². The molecular formula is C23H23F3N2O3. The van der Waals surface area contributed by atoms with Crippen molar-refractivity contribution in [3.8, 4) is 5.75 Å². The molecule has 1 heterocycles. The molecule has 2 aliphatic carbocycles. The lowest BCUT2D eigenvalue weighted by Crippen LogP contribution is -2.36. The topological polar surface area (TPSA) is 70.9 Å². The zero-order valence-corrected chi connectivity index (χ0v) is 17.0. The van der Waals surface area contributed by atoms with Crippen LogP contribution in [0.3, 0.4) is 0 Å². The van der Waals surface area contributed by atoms with E-state index in [-0.39, 0.29) is 55.1 Å². The summed E-state index contributed by atoms with van der Waals surface area (Å²) in [6, 6.07) is 4.53. The molecule has 0 amide bonds. The van der Waals surface area contributed by atoms with Crippen LogP contribution in [0.2, 0.25) is 0 Å². The van der Waals surface area contributed by atoms with Crippen molar-refractivity contribution in [3.63, 3.8) is 0 Å². The van der Waals surface area contributed by atoms with Gasteiger partial charge in [0.1, 0.15) is 11.6 Å². The predicted octanol–water partition coefficient (Wildman–Crippen LogP) is 5.54. The van der Waals surface area contributed by atoms with Gasteiger partial charge in [0.25, 0.3) is 0 Å². The molecule has 1 atom stereocenters. The number of carboxylic acids is 1. The lowest BCUT2D eigenvalue weighted by atomic mass is 9.75. The van der Waals surface area contributed by atoms with E-state index in [4.69, 9.17) is 4.74 Å². The summed E-state index contributed by atoms with van der Waals surface area (Å²) in [5.74, 6) is -4.37. The van der Waals surface area contributed by atoms with Crippen LogP contribution >= 0.6 is 0 Å². The van der Waals surface area contributed by atoms with Gasteiger partial charge in [0.15, 0.2) is 0 Å². The first-order valence-corrected chi connectivity index (χ1v) is 10.2. The number of ether oxygens (including phenoxy) is 1. The molecule has 0 bridgehead atoms. The van der Waals surface area contributed by atoms with E-state index in [1.165, 1.54) is 19.3 Å². The normalized spacial score (nSPS) is 24.5. The molecular weight excluding hydrogens is 409 g/mol. The highest BCUT2D eigenvalue weighted by Crippen LogP contribution is 2.43. The summed E-state index contributed by atoms with van der Waals surface area (Å²) in [7, 11) is 1.44. The van der Waals surface area contributed by atoms with Crippen LogP contribution in [-0.4, -0.2) is 29.8 Å². The fourth-order valence-electron chi connectivity index (χ4n) is 4.36. The van der Waals surface area contributed by atoms with Crippen molar-refractivity contribution < 1.29 is 27.8 Å². The molecule has 5 nitrogen and oxygen atoms in total. The monoisotopic (exact) mass is 432 g/mol. The van der Waals surface area contributed by atoms with Crippen molar-refractivity contribution in [3.05, 3.63) is 59.2 Å². The maximum Gasteiger partial charge on any atom is 0.338 e. The summed E-state index contributed by atoms with van der Waals surface area (Å²) in [6.07, 6.45) is 4.99. The van der Waals surface area contributed by atoms with Crippen LogP contribution in [0.4, 0.5) is 18.9 Å². The Morgan fingerprint density at radius 2 is 2.00 bits per heavy atom. The molecule has 164 valence electrons. The zero-order chi connectivity index (χ0) is 22.2. The van der Waals surface area contributed by atoms with Crippen LogP contribution in [0.25, 0.3) is 0 Å². The number of benzene rings is 1. The predicted molar refractivity (Wildman–Crippen MR) is 111 cm³/mol. The van der Waals surface area contributed by atoms with E-state index in [9.17, 15) is 23.1 Å². The van der Waals surface area contributed by atoms with E-state index < -0.39 is 17.8 Å². The lowest BCUT2D eigenvalue weighted by Gasteiger charge is -2.36. The maximum absolute atomic E-state index is 14.1. The first-order valence-electron chi connectivity index (χ1n) is 10.2. The Kier molecular flexibility index (Phi) is 5.64. The summed E-state index contributed by atoms with van der Waals surface area (Å²) in [4.78, 5) is 16.5. The molecule has 1 aromatic rings. The lowest BCUT2D eigenvalue weighted by molar-refractivity contribution is -0.0417. The SMILES string of the molecule is COc1ccc(N=C2C(C3CCC(F)(F)CC3)=CNC3=CC=C(F)CC32)c(C(=O)O)c1. The molecule has 0 aromatic heterocycles. The average molecular weight is 432 g/mol. The molecule has 0 radical (unpaired) electrons. The quantitative estimate of drug-likeness (QED) is 0.656. The van der Waals surface area contributed by atoms with Gasteiger partial charge < -0.3 is 15.2 Å². The molecule has 2 N–H and O–H groups in total. The van der Waals surface area contributed by atoms with Crippen LogP contribution in [0, 0.1) is 11.8 Å². The van der Waals surface area contributed by atoms with Gasteiger partial charge in [0.2, 0.25) is 5.92 Å². The minimum Gasteiger partial charge on any atom is -0.497 e. The minimum atomic E-state index is -2.67. The highest BCUT2D eigenvalue weighted by atomic mass is 19.3. The van der Waals surface area contributed by atoms with Gasteiger partial charge in [-0.05, 0) is 54.7 Å². The maximum atomic E-state index is 14.1. The van der Waals surface area contributed by atoms with Crippen molar-refractivity contribution in [1.82, 2.24) is 5.32 Å². The number of carboxylic acid groups (broad SMARTS) is 1. The summed E-state index contributed by atoms with van der Waals surface area (Å²) >= 11 is 0. The molecule has 0 saturated heterocycles. The summed E-state index contributed by atoms with van der Waals surface area (Å²) < 4.78 is 46.7. The van der Waals surface area contributed by atoms with Gasteiger partial charge in [-0.15, -0.1) is 0 Å². The van der Waals surface area contributed by atoms with Gasteiger partial charge >= 0.3 is 5.97 Å². The van der Waals surface area contributed by atoms with Crippen LogP contribution < -0.4 is 10.1 Å². The standard InChI is InChI=1S/C23H23F3N2O3/c1-31-15-3-5-20(17(11-15)22(29)30)28-21-16-10-14(24)2-4-19(16)27-12-18(21)13-6-8-23(25,26)9-7-13/h2-5,11-13,16,27H,6-10H2,1H3,(H,29,30). The van der Waals surface area contributed by atoms with Crippen LogP contribution in [-0.2, 0) is 0 Å². The van der Waals surface area contributed by atoms with E-state index in [0.717, 1.165) is 11.3 Å². The zero-order valence-electron chi connectivity index (χ0n) is 17.0. The van der Waals surface area contributed by atoms with Crippen molar-refractivity contribution in [2.75, 3.05) is 7.11 Å². The summed E-state index contributed by atoms with van der Waals surface area (Å²) in [5.41, 5.74) is 2.18. The number of nitrogens with zero attached hydrogens (tertiary/aromatic N) is 1. The first-order chi connectivity index (χ1) is 14.8. The number of halogens is 3. The number of allylic oxidation sites excluding steroid dienone is 5. The number of aromatic carboxylic acids is 1. The number of nitrogens with one attached hydrogen (secondary N) is 1. The van der Waals surface area contributed by atoms with Crippen LogP contribution in [0.1, 0.15) is 42.5 Å². The number of methoxy groups -OCH3 is 1. The second-order valence-corrected chi connectivity index (χ2v) is 8.05. The van der Waals surface area contributed by atoms with Gasteiger partial charge in [-0.1, -0.05) is 0 Å². The van der Waals surface area contributed by atoms with Crippen molar-refractivity contribution in [1.29, 1.82) is 0 Å². The van der Waals surface area contributed by atoms with Gasteiger partial charge in [-0.25, -0.2) is 18.0 Å². The molecule has 1 aromatic carbocycles. The number of hydrogen-bond donors (Lipinski definition) is 2. The molecule has 31 heavy (non-hydrogen) atoms. The highest BCUT2D eigenvalue weighted by molar-refractivity contribution is 6.07. The fourth-order valence-corrected chi connectivity index (χ4v) is 4.36. The Balaban J connectivity index is 1.78. The molecule has 1 aliphatic heterocycles. The fraction of sp³-hybridized carbons (Fsp3) is 0.391. The van der Waals surface area contributed by atoms with Gasteiger partial charge in [0.05, 0.1) is 24.1 Å². The Morgan fingerprint density at radius 3 is 2.68 bits per heavy atom. The van der Waals surface area contributed by atoms with Gasteiger partial charge in [0, 0.05) is 37.1 Å². The number of aliphatic imine (C=N–C) groups is 1. The number of carbonyl (C=O) groups is 1. The number of alkyl halides is 2. The van der Waals surface area contributed by atoms with Crippen LogP contribution in [0.15, 0.2) is 58.6 Å². The van der Waals surface area contributed by atoms with E-state index >= 15 is 0 Å². The molecule has 1 saturated carbocycles. The third kappa shape index (κ3) is 4.38. The number of rotatable bonds is 4. The van der Waals surface area contributed by atoms with Crippen molar-refractivity contribution in [2.45, 2.75) is 38.0 Å². The van der Waals surface area contributed by atoms with Crippen LogP contribution in [0.5, 0.6) is 5.75 Å². The molecule has 1 fully saturated rings. The Hall–Kier alpha value is -3.03. The van der Waals surface area contributed by atoms with Crippen molar-refractivity contribution in [2.24, 2.45) is 16.8 Å². The summed E-state index contributed by atoms with van der Waals surface area (Å²) in [6.45, 7) is 0. The Morgan fingerprint density at radius 1 is 1.26 bits per heavy atom. The first kappa shape index (κ1) is 21.2. The van der Waals surface area contributed by atoms with E-state index in [1.54, 1.807) is 24.4 Å². The largest absolute Gasteiger partial charge is 0.497 e. The van der Waals surface area contributed by atoms with Gasteiger partial charge in [-0.3, -0.25) is 4.99 Å². The van der Waals surface area contributed by atoms with Crippen molar-refractivity contribution >= 4 is 17.4 Å². The highest BCUT2D eigenvalue weighted by Gasteiger charge is 2.40. The minimum absolute atomic E-state index is 0.0442. The molecule has 3 aliphatic rings. The summed E-state index contributed by atoms with van der Waals surface area (Å²) in [5, 5.41) is 12.8. The average Bonchev–Trinajstić information content (AvgIpc) is 2.74. The molecule has 8 heteroatoms. The molecule has 1 unspecified atom stereocenters. The van der Waals surface area contributed by atoms with E-state index in [0.29, 0.717) is 11.5 Å². The number of fused-ring (bicyclic) bond motifs is 1. The Labute approximate surface area is 178 Å². The van der Waals surface area contributed by atoms with E-state index in [2.05, 4.69) is 10.3 Å². The smallest absolute Gasteiger partial charge is 0.338 e. The van der Waals surface area contributed by atoms with Gasteiger partial charge in [-0.2, -0.15) is 0 Å². The third-order valence-corrected chi connectivity index (χ3v) is 6.07. The third-order valence-electron chi connectivity index (χ3n) is 6.07. The second kappa shape index (κ2) is 8.24. The Bertz CT molecular complexity index is 1020. The molecule has 4 rings (SSSR count). The second-order valence-electron chi connectivity index (χ2n) is 8.05.